The molecule has 0 fully saturated rings. The summed E-state index contributed by atoms with van der Waals surface area (Å²) in [6.45, 7) is 4.18. The number of nitrogens with two attached hydrogens (primary N) is 1. The highest BCUT2D eigenvalue weighted by molar-refractivity contribution is 5.90. The predicted molar refractivity (Wildman–Crippen MR) is 65.3 cm³/mol. The molecule has 1 aromatic rings. The van der Waals surface area contributed by atoms with Gasteiger partial charge >= 0.3 is 5.97 Å². The van der Waals surface area contributed by atoms with Crippen molar-refractivity contribution in [3.63, 3.8) is 0 Å². The van der Waals surface area contributed by atoms with Crippen molar-refractivity contribution in [3.05, 3.63) is 17.8 Å². The third-order valence-corrected chi connectivity index (χ3v) is 2.39. The highest BCUT2D eigenvalue weighted by Crippen LogP contribution is 2.13. The Morgan fingerprint density at radius 1 is 1.39 bits per heavy atom. The van der Waals surface area contributed by atoms with Crippen LogP contribution in [0.3, 0.4) is 0 Å². The van der Waals surface area contributed by atoms with Crippen LogP contribution in [0.5, 0.6) is 0 Å². The molecule has 0 unspecified atom stereocenters. The van der Waals surface area contributed by atoms with Gasteiger partial charge in [-0.1, -0.05) is 0 Å². The van der Waals surface area contributed by atoms with E-state index in [1.165, 1.54) is 6.07 Å². The molecular formula is C11H16N4O3. The number of carbonyl (C=O) groups excluding carboxylic acids is 1. The first-order chi connectivity index (χ1) is 8.41. The maximum atomic E-state index is 10.9. The fourth-order valence-corrected chi connectivity index (χ4v) is 1.46. The van der Waals surface area contributed by atoms with E-state index in [2.05, 4.69) is 10.2 Å². The van der Waals surface area contributed by atoms with Gasteiger partial charge in [0.2, 0.25) is 0 Å². The van der Waals surface area contributed by atoms with Crippen LogP contribution in [0.15, 0.2) is 12.1 Å². The molecule has 7 nitrogen and oxygen atoms in total. The largest absolute Gasteiger partial charge is 0.481 e. The van der Waals surface area contributed by atoms with Crippen molar-refractivity contribution in [2.24, 2.45) is 5.73 Å². The van der Waals surface area contributed by atoms with Crippen LogP contribution >= 0.6 is 0 Å². The van der Waals surface area contributed by atoms with E-state index in [0.29, 0.717) is 12.4 Å². The Kier molecular flexibility index (Phi) is 4.59. The Hall–Kier alpha value is -2.18. The van der Waals surface area contributed by atoms with E-state index in [4.69, 9.17) is 10.8 Å². The minimum Gasteiger partial charge on any atom is -0.481 e. The summed E-state index contributed by atoms with van der Waals surface area (Å²) in [5, 5.41) is 16.3. The summed E-state index contributed by atoms with van der Waals surface area (Å²) < 4.78 is 0. The molecule has 18 heavy (non-hydrogen) atoms. The van der Waals surface area contributed by atoms with Gasteiger partial charge in [0.25, 0.3) is 5.91 Å². The minimum atomic E-state index is -0.873. The molecule has 0 radical (unpaired) electrons. The number of hydrogen-bond acceptors (Lipinski definition) is 5. The Morgan fingerprint density at radius 2 is 2.06 bits per heavy atom. The number of nitrogens with zero attached hydrogens (tertiary/aromatic N) is 3. The molecule has 0 aliphatic carbocycles. The van der Waals surface area contributed by atoms with Crippen molar-refractivity contribution in [2.45, 2.75) is 26.3 Å². The average Bonchev–Trinajstić information content (AvgIpc) is 2.29. The van der Waals surface area contributed by atoms with Crippen molar-refractivity contribution in [1.82, 2.24) is 10.2 Å². The van der Waals surface area contributed by atoms with E-state index < -0.39 is 11.9 Å². The van der Waals surface area contributed by atoms with Gasteiger partial charge in [0.05, 0.1) is 6.42 Å². The highest BCUT2D eigenvalue weighted by Gasteiger charge is 2.14. The van der Waals surface area contributed by atoms with Gasteiger partial charge in [-0.2, -0.15) is 0 Å². The van der Waals surface area contributed by atoms with Gasteiger partial charge in [-0.25, -0.2) is 0 Å². The van der Waals surface area contributed by atoms with E-state index >= 15 is 0 Å². The second-order valence-corrected chi connectivity index (χ2v) is 4.07. The van der Waals surface area contributed by atoms with Crippen LogP contribution in [-0.2, 0) is 4.79 Å². The molecule has 0 bridgehead atoms. The Balaban J connectivity index is 2.85. The monoisotopic (exact) mass is 252 g/mol. The third kappa shape index (κ3) is 3.69. The van der Waals surface area contributed by atoms with Crippen LogP contribution in [0.2, 0.25) is 0 Å². The second kappa shape index (κ2) is 5.95. The quantitative estimate of drug-likeness (QED) is 0.751. The van der Waals surface area contributed by atoms with Gasteiger partial charge in [0, 0.05) is 12.6 Å². The summed E-state index contributed by atoms with van der Waals surface area (Å²) in [6.07, 6.45) is 0.0113. The lowest BCUT2D eigenvalue weighted by Crippen LogP contribution is -2.34. The summed E-state index contributed by atoms with van der Waals surface area (Å²) in [5.74, 6) is -0.991. The lowest BCUT2D eigenvalue weighted by Gasteiger charge is -2.26. The first-order valence-corrected chi connectivity index (χ1v) is 5.53. The zero-order valence-corrected chi connectivity index (χ0v) is 10.3. The molecule has 1 amide bonds. The Bertz CT molecular complexity index is 430. The molecular weight excluding hydrogens is 236 g/mol. The van der Waals surface area contributed by atoms with Crippen LogP contribution in [0, 0.1) is 0 Å². The topological polar surface area (TPSA) is 109 Å². The number of rotatable bonds is 6. The molecule has 1 heterocycles. The van der Waals surface area contributed by atoms with Crippen molar-refractivity contribution in [1.29, 1.82) is 0 Å². The SMILES string of the molecule is CC(C)N(CCC(=O)O)c1ccc(C(N)=O)nn1. The van der Waals surface area contributed by atoms with Crippen molar-refractivity contribution in [2.75, 3.05) is 11.4 Å². The van der Waals surface area contributed by atoms with Gasteiger partial charge in [0.1, 0.15) is 0 Å². The zero-order valence-electron chi connectivity index (χ0n) is 10.3. The van der Waals surface area contributed by atoms with Crippen LogP contribution in [-0.4, -0.2) is 39.8 Å². The molecule has 0 atom stereocenters. The number of primary amides is 1. The minimum absolute atomic E-state index is 0.0113. The van der Waals surface area contributed by atoms with E-state index in [-0.39, 0.29) is 18.2 Å². The summed E-state index contributed by atoms with van der Waals surface area (Å²) >= 11 is 0. The molecule has 3 N–H and O–H groups in total. The number of amides is 1. The summed E-state index contributed by atoms with van der Waals surface area (Å²) in [4.78, 5) is 23.2. The maximum absolute atomic E-state index is 10.9. The van der Waals surface area contributed by atoms with Gasteiger partial charge in [-0.15, -0.1) is 10.2 Å². The fourth-order valence-electron chi connectivity index (χ4n) is 1.46. The van der Waals surface area contributed by atoms with Crippen LogP contribution in [0.25, 0.3) is 0 Å². The Morgan fingerprint density at radius 3 is 2.44 bits per heavy atom. The molecule has 98 valence electrons. The van der Waals surface area contributed by atoms with Gasteiger partial charge in [0.15, 0.2) is 11.5 Å². The molecule has 0 saturated heterocycles. The van der Waals surface area contributed by atoms with Crippen molar-refractivity contribution >= 4 is 17.7 Å². The number of carboxylic acid groups (broad SMARTS) is 1. The third-order valence-electron chi connectivity index (χ3n) is 2.39. The lowest BCUT2D eigenvalue weighted by atomic mass is 10.2. The Labute approximate surface area is 105 Å². The molecule has 0 aromatic carbocycles. The average molecular weight is 252 g/mol. The number of aliphatic carboxylic acids is 1. The maximum Gasteiger partial charge on any atom is 0.305 e. The highest BCUT2D eigenvalue weighted by atomic mass is 16.4. The molecule has 1 aromatic heterocycles. The molecule has 0 saturated carbocycles. The van der Waals surface area contributed by atoms with Crippen molar-refractivity contribution in [3.8, 4) is 0 Å². The number of hydrogen-bond donors (Lipinski definition) is 2. The number of carboxylic acids is 1. The van der Waals surface area contributed by atoms with Crippen LogP contribution in [0.1, 0.15) is 30.8 Å². The van der Waals surface area contributed by atoms with Crippen LogP contribution < -0.4 is 10.6 Å². The van der Waals surface area contributed by atoms with Gasteiger partial charge in [-0.05, 0) is 26.0 Å². The normalized spacial score (nSPS) is 10.4. The number of anilines is 1. The molecule has 0 aliphatic rings. The first kappa shape index (κ1) is 13.9. The second-order valence-electron chi connectivity index (χ2n) is 4.07. The predicted octanol–water partition coefficient (Wildman–Crippen LogP) is 0.265. The summed E-state index contributed by atoms with van der Waals surface area (Å²) in [7, 11) is 0. The summed E-state index contributed by atoms with van der Waals surface area (Å²) in [6, 6.07) is 3.16. The van der Waals surface area contributed by atoms with Gasteiger partial charge < -0.3 is 15.7 Å². The number of carbonyl (C=O) groups is 2. The standard InChI is InChI=1S/C11H16N4O3/c1-7(2)15(6-5-10(16)17)9-4-3-8(11(12)18)13-14-9/h3-4,7H,5-6H2,1-2H3,(H2,12,18)(H,16,17). The fraction of sp³-hybridized carbons (Fsp3) is 0.455. The van der Waals surface area contributed by atoms with Gasteiger partial charge in [-0.3, -0.25) is 9.59 Å². The molecule has 0 aliphatic heterocycles. The van der Waals surface area contributed by atoms with E-state index in [1.54, 1.807) is 11.0 Å². The first-order valence-electron chi connectivity index (χ1n) is 5.53. The molecule has 0 spiro atoms. The van der Waals surface area contributed by atoms with E-state index in [9.17, 15) is 9.59 Å². The van der Waals surface area contributed by atoms with Crippen molar-refractivity contribution < 1.29 is 14.7 Å². The van der Waals surface area contributed by atoms with E-state index in [1.807, 2.05) is 13.8 Å². The molecule has 1 rings (SSSR count). The zero-order chi connectivity index (χ0) is 13.7. The van der Waals surface area contributed by atoms with Crippen LogP contribution in [0.4, 0.5) is 5.82 Å². The smallest absolute Gasteiger partial charge is 0.305 e. The molecule has 7 heteroatoms. The van der Waals surface area contributed by atoms with E-state index in [0.717, 1.165) is 0 Å². The lowest BCUT2D eigenvalue weighted by molar-refractivity contribution is -0.136. The summed E-state index contributed by atoms with van der Waals surface area (Å²) in [5.41, 5.74) is 5.15. The number of aromatic nitrogens is 2.